The first kappa shape index (κ1) is 28.5. The molecule has 1 heterocycles. The predicted molar refractivity (Wildman–Crippen MR) is 154 cm³/mol. The lowest BCUT2D eigenvalue weighted by Gasteiger charge is -2.35. The number of amides is 2. The van der Waals surface area contributed by atoms with Crippen molar-refractivity contribution in [1.82, 2.24) is 20.3 Å². The minimum atomic E-state index is -1.04. The van der Waals surface area contributed by atoms with E-state index >= 15 is 0 Å². The Morgan fingerprint density at radius 3 is 2.40 bits per heavy atom. The van der Waals surface area contributed by atoms with Crippen LogP contribution in [0.25, 0.3) is 11.0 Å². The number of hydrogen-bond donors (Lipinski definition) is 1. The van der Waals surface area contributed by atoms with E-state index in [0.717, 1.165) is 0 Å². The van der Waals surface area contributed by atoms with Crippen LogP contribution in [0.5, 0.6) is 5.75 Å². The maximum Gasteiger partial charge on any atom is 0.249 e. The van der Waals surface area contributed by atoms with Gasteiger partial charge in [0.2, 0.25) is 11.8 Å². The van der Waals surface area contributed by atoms with Crippen LogP contribution >= 0.6 is 0 Å². The molecule has 40 heavy (non-hydrogen) atoms. The highest BCUT2D eigenvalue weighted by Crippen LogP contribution is 2.31. The molecule has 4 aromatic rings. The zero-order valence-corrected chi connectivity index (χ0v) is 23.5. The lowest BCUT2D eigenvalue weighted by atomic mass is 9.97. The van der Waals surface area contributed by atoms with Gasteiger partial charge in [0, 0.05) is 16.8 Å². The van der Waals surface area contributed by atoms with Crippen LogP contribution in [0.15, 0.2) is 72.8 Å². The Hall–Kier alpha value is -4.53. The number of rotatable bonds is 11. The monoisotopic (exact) mass is 541 g/mol. The summed E-state index contributed by atoms with van der Waals surface area (Å²) in [5, 5.41) is 11.5. The quantitative estimate of drug-likeness (QED) is 0.265. The number of aromatic nitrogens is 3. The van der Waals surface area contributed by atoms with Gasteiger partial charge in [-0.15, -0.1) is 5.10 Å². The number of fused-ring (bicyclic) bond motifs is 1. The summed E-state index contributed by atoms with van der Waals surface area (Å²) < 4.78 is 7.12. The molecule has 9 heteroatoms. The van der Waals surface area contributed by atoms with Gasteiger partial charge >= 0.3 is 0 Å². The third-order valence-electron chi connectivity index (χ3n) is 6.86. The Bertz CT molecular complexity index is 1510. The van der Waals surface area contributed by atoms with Crippen molar-refractivity contribution in [2.75, 3.05) is 11.5 Å². The fourth-order valence-corrected chi connectivity index (χ4v) is 4.37. The molecule has 9 nitrogen and oxygen atoms in total. The number of nitrogens with zero attached hydrogens (tertiary/aromatic N) is 4. The zero-order valence-electron chi connectivity index (χ0n) is 23.5. The van der Waals surface area contributed by atoms with Crippen molar-refractivity contribution in [3.8, 4) is 5.75 Å². The molecule has 0 fully saturated rings. The van der Waals surface area contributed by atoms with Crippen LogP contribution in [-0.2, 0) is 16.1 Å². The van der Waals surface area contributed by atoms with Gasteiger partial charge in [0.05, 0.1) is 12.1 Å². The molecule has 1 atom stereocenters. The fourth-order valence-electron chi connectivity index (χ4n) is 4.37. The molecule has 0 aliphatic carbocycles. The molecule has 1 aromatic heterocycles. The number of para-hydroxylation sites is 1. The highest BCUT2D eigenvalue weighted by Gasteiger charge is 2.35. The molecular weight excluding hydrogens is 506 g/mol. The molecule has 0 bridgehead atoms. The third kappa shape index (κ3) is 6.36. The average molecular weight is 542 g/mol. The number of anilines is 1. The Labute approximate surface area is 234 Å². The molecule has 3 aromatic carbocycles. The van der Waals surface area contributed by atoms with Gasteiger partial charge in [-0.1, -0.05) is 48.5 Å². The van der Waals surface area contributed by atoms with Crippen LogP contribution in [0.3, 0.4) is 0 Å². The van der Waals surface area contributed by atoms with Crippen molar-refractivity contribution >= 4 is 34.3 Å². The van der Waals surface area contributed by atoms with E-state index < -0.39 is 11.6 Å². The molecule has 0 aliphatic rings. The Balaban J connectivity index is 1.85. The standard InChI is InChI=1S/C31H35N5O4/c1-6-31(4,5)32-30(39)29(22-15-17-25(18-16-22)40-7-2)36(24-12-10-11-23(19-24)21(3)37)28(38)20-35-27-14-9-8-13-26(27)33-34-35/h8-19,29H,6-7,20H2,1-5H3,(H,32,39). The molecule has 4 rings (SSSR count). The summed E-state index contributed by atoms with van der Waals surface area (Å²) in [5.74, 6) is -0.226. The van der Waals surface area contributed by atoms with Gasteiger partial charge in [0.25, 0.3) is 0 Å². The number of carbonyl (C=O) groups is 3. The van der Waals surface area contributed by atoms with E-state index in [4.69, 9.17) is 4.74 Å². The Morgan fingerprint density at radius 2 is 1.73 bits per heavy atom. The van der Waals surface area contributed by atoms with Crippen LogP contribution in [0.2, 0.25) is 0 Å². The van der Waals surface area contributed by atoms with Crippen LogP contribution in [0.1, 0.15) is 63.0 Å². The first-order valence-corrected chi connectivity index (χ1v) is 13.4. The highest BCUT2D eigenvalue weighted by molar-refractivity contribution is 6.03. The average Bonchev–Trinajstić information content (AvgIpc) is 3.34. The Morgan fingerprint density at radius 1 is 1.00 bits per heavy atom. The summed E-state index contributed by atoms with van der Waals surface area (Å²) in [6, 6.07) is 20.2. The number of hydrogen-bond acceptors (Lipinski definition) is 6. The van der Waals surface area contributed by atoms with Crippen LogP contribution < -0.4 is 15.0 Å². The van der Waals surface area contributed by atoms with E-state index in [1.165, 1.54) is 16.5 Å². The van der Waals surface area contributed by atoms with Gasteiger partial charge < -0.3 is 10.1 Å². The van der Waals surface area contributed by atoms with Crippen molar-refractivity contribution in [2.24, 2.45) is 0 Å². The van der Waals surface area contributed by atoms with E-state index in [1.54, 1.807) is 48.5 Å². The molecule has 0 spiro atoms. The van der Waals surface area contributed by atoms with E-state index in [0.29, 0.717) is 46.6 Å². The van der Waals surface area contributed by atoms with Crippen molar-refractivity contribution < 1.29 is 19.1 Å². The largest absolute Gasteiger partial charge is 0.494 e. The molecule has 0 saturated heterocycles. The van der Waals surface area contributed by atoms with E-state index in [2.05, 4.69) is 15.6 Å². The van der Waals surface area contributed by atoms with Crippen molar-refractivity contribution in [3.63, 3.8) is 0 Å². The number of Topliss-reactive ketones (excluding diaryl/α,β-unsaturated/α-hetero) is 1. The second kappa shape index (κ2) is 12.1. The fraction of sp³-hybridized carbons (Fsp3) is 0.323. The molecule has 1 N–H and O–H groups in total. The molecule has 0 radical (unpaired) electrons. The van der Waals surface area contributed by atoms with Gasteiger partial charge in [0.1, 0.15) is 23.9 Å². The highest BCUT2D eigenvalue weighted by atomic mass is 16.5. The summed E-state index contributed by atoms with van der Waals surface area (Å²) in [5.41, 5.74) is 2.29. The number of carbonyl (C=O) groups excluding carboxylic acids is 3. The van der Waals surface area contributed by atoms with Crippen LogP contribution in [0, 0.1) is 0 Å². The molecule has 0 aliphatic heterocycles. The molecular formula is C31H35N5O4. The summed E-state index contributed by atoms with van der Waals surface area (Å²) in [6.45, 7) is 9.56. The first-order chi connectivity index (χ1) is 19.1. The van der Waals surface area contributed by atoms with Crippen LogP contribution in [-0.4, -0.2) is 44.7 Å². The zero-order chi connectivity index (χ0) is 28.9. The maximum atomic E-state index is 14.2. The van der Waals surface area contributed by atoms with Crippen LogP contribution in [0.4, 0.5) is 5.69 Å². The van der Waals surface area contributed by atoms with E-state index in [-0.39, 0.29) is 24.1 Å². The second-order valence-corrected chi connectivity index (χ2v) is 10.2. The summed E-state index contributed by atoms with van der Waals surface area (Å²) >= 11 is 0. The predicted octanol–water partition coefficient (Wildman–Crippen LogP) is 5.11. The molecule has 1 unspecified atom stereocenters. The smallest absolute Gasteiger partial charge is 0.249 e. The van der Waals surface area contributed by atoms with E-state index in [9.17, 15) is 14.4 Å². The van der Waals surface area contributed by atoms with Crippen molar-refractivity contribution in [2.45, 2.75) is 59.2 Å². The van der Waals surface area contributed by atoms with Crippen molar-refractivity contribution in [3.05, 3.63) is 83.9 Å². The van der Waals surface area contributed by atoms with Crippen molar-refractivity contribution in [1.29, 1.82) is 0 Å². The van der Waals surface area contributed by atoms with Gasteiger partial charge in [-0.3, -0.25) is 19.3 Å². The summed E-state index contributed by atoms with van der Waals surface area (Å²) in [4.78, 5) is 42.0. The summed E-state index contributed by atoms with van der Waals surface area (Å²) in [7, 11) is 0. The second-order valence-electron chi connectivity index (χ2n) is 10.2. The maximum absolute atomic E-state index is 14.2. The first-order valence-electron chi connectivity index (χ1n) is 13.4. The topological polar surface area (TPSA) is 106 Å². The number of benzene rings is 3. The minimum absolute atomic E-state index is 0.147. The number of ether oxygens (including phenoxy) is 1. The number of nitrogens with one attached hydrogen (secondary N) is 1. The SMILES string of the molecule is CCOc1ccc(C(C(=O)NC(C)(C)CC)N(C(=O)Cn2nnc3ccccc32)c2cccc(C(C)=O)c2)cc1. The van der Waals surface area contributed by atoms with Gasteiger partial charge in [0.15, 0.2) is 5.78 Å². The summed E-state index contributed by atoms with van der Waals surface area (Å²) in [6.07, 6.45) is 0.688. The lowest BCUT2D eigenvalue weighted by molar-refractivity contribution is -0.128. The van der Waals surface area contributed by atoms with Gasteiger partial charge in [-0.05, 0) is 76.1 Å². The van der Waals surface area contributed by atoms with Gasteiger partial charge in [-0.2, -0.15) is 0 Å². The molecule has 2 amide bonds. The number of ketones is 1. The minimum Gasteiger partial charge on any atom is -0.494 e. The molecule has 208 valence electrons. The lowest BCUT2D eigenvalue weighted by Crippen LogP contribution is -2.51. The third-order valence-corrected chi connectivity index (χ3v) is 6.86. The molecule has 0 saturated carbocycles. The van der Waals surface area contributed by atoms with E-state index in [1.807, 2.05) is 52.0 Å². The van der Waals surface area contributed by atoms with Gasteiger partial charge in [-0.25, -0.2) is 4.68 Å². The Kier molecular flexibility index (Phi) is 8.62. The normalized spacial score (nSPS) is 12.1.